The summed E-state index contributed by atoms with van der Waals surface area (Å²) in [5.41, 5.74) is 0.442. The van der Waals surface area contributed by atoms with E-state index in [9.17, 15) is 14.0 Å². The van der Waals surface area contributed by atoms with Gasteiger partial charge < -0.3 is 10.4 Å². The van der Waals surface area contributed by atoms with Gasteiger partial charge in [-0.2, -0.15) is 0 Å². The average Bonchev–Trinajstić information content (AvgIpc) is 2.42. The second-order valence-electron chi connectivity index (χ2n) is 6.34. The lowest BCUT2D eigenvalue weighted by Crippen LogP contribution is -2.32. The molecule has 0 saturated heterocycles. The molecule has 2 N–H and O–H groups in total. The molecule has 0 aromatic heterocycles. The van der Waals surface area contributed by atoms with Crippen molar-refractivity contribution < 1.29 is 19.1 Å². The van der Waals surface area contributed by atoms with Crippen molar-refractivity contribution >= 4 is 17.6 Å². The van der Waals surface area contributed by atoms with Gasteiger partial charge in [-0.05, 0) is 42.9 Å². The topological polar surface area (TPSA) is 66.4 Å². The van der Waals surface area contributed by atoms with E-state index in [1.165, 1.54) is 12.1 Å². The van der Waals surface area contributed by atoms with Crippen molar-refractivity contribution in [1.29, 1.82) is 0 Å². The molecule has 1 aromatic carbocycles. The summed E-state index contributed by atoms with van der Waals surface area (Å²) in [5, 5.41) is 11.7. The molecule has 120 valence electrons. The van der Waals surface area contributed by atoms with Gasteiger partial charge in [-0.3, -0.25) is 9.59 Å². The highest BCUT2D eigenvalue weighted by Gasteiger charge is 2.36. The molecule has 5 heteroatoms. The first-order chi connectivity index (χ1) is 10.4. The SMILES string of the molecule is Cc1ccc(NC(=O)CC2(CC(=O)O)CCCCC2)c(F)c1. The van der Waals surface area contributed by atoms with Crippen LogP contribution in [0, 0.1) is 18.2 Å². The van der Waals surface area contributed by atoms with Gasteiger partial charge in [-0.25, -0.2) is 4.39 Å². The number of hydrogen-bond donors (Lipinski definition) is 2. The molecule has 1 aliphatic rings. The van der Waals surface area contributed by atoms with Crippen LogP contribution in [0.2, 0.25) is 0 Å². The van der Waals surface area contributed by atoms with E-state index in [2.05, 4.69) is 5.32 Å². The molecule has 0 aliphatic heterocycles. The van der Waals surface area contributed by atoms with Crippen molar-refractivity contribution in [2.75, 3.05) is 5.32 Å². The number of benzene rings is 1. The summed E-state index contributed by atoms with van der Waals surface area (Å²) < 4.78 is 13.8. The first-order valence-electron chi connectivity index (χ1n) is 7.68. The number of hydrogen-bond acceptors (Lipinski definition) is 2. The summed E-state index contributed by atoms with van der Waals surface area (Å²) >= 11 is 0. The van der Waals surface area contributed by atoms with Crippen LogP contribution >= 0.6 is 0 Å². The quantitative estimate of drug-likeness (QED) is 0.867. The zero-order valence-electron chi connectivity index (χ0n) is 12.8. The van der Waals surface area contributed by atoms with Crippen molar-refractivity contribution in [1.82, 2.24) is 0 Å². The van der Waals surface area contributed by atoms with E-state index >= 15 is 0 Å². The molecule has 1 amide bonds. The van der Waals surface area contributed by atoms with Gasteiger partial charge in [0.1, 0.15) is 5.82 Å². The zero-order chi connectivity index (χ0) is 16.2. The lowest BCUT2D eigenvalue weighted by molar-refractivity contribution is -0.140. The van der Waals surface area contributed by atoms with Crippen LogP contribution in [0.5, 0.6) is 0 Å². The van der Waals surface area contributed by atoms with Crippen molar-refractivity contribution in [2.45, 2.75) is 51.9 Å². The molecule has 0 heterocycles. The third-order valence-electron chi connectivity index (χ3n) is 4.37. The van der Waals surface area contributed by atoms with Crippen LogP contribution in [0.15, 0.2) is 18.2 Å². The van der Waals surface area contributed by atoms with E-state index in [1.54, 1.807) is 13.0 Å². The normalized spacial score (nSPS) is 17.0. The number of nitrogens with one attached hydrogen (secondary N) is 1. The Hall–Kier alpha value is -1.91. The molecule has 1 saturated carbocycles. The van der Waals surface area contributed by atoms with Crippen LogP contribution in [0.3, 0.4) is 0 Å². The predicted molar refractivity (Wildman–Crippen MR) is 82.2 cm³/mol. The smallest absolute Gasteiger partial charge is 0.303 e. The summed E-state index contributed by atoms with van der Waals surface area (Å²) in [7, 11) is 0. The number of aryl methyl sites for hydroxylation is 1. The van der Waals surface area contributed by atoms with Crippen molar-refractivity contribution in [3.8, 4) is 0 Å². The van der Waals surface area contributed by atoms with Gasteiger partial charge in [0.15, 0.2) is 0 Å². The molecule has 22 heavy (non-hydrogen) atoms. The lowest BCUT2D eigenvalue weighted by Gasteiger charge is -2.35. The standard InChI is InChI=1S/C17H22FNO3/c1-12-5-6-14(13(18)9-12)19-15(20)10-17(11-16(21)22)7-3-2-4-8-17/h5-6,9H,2-4,7-8,10-11H2,1H3,(H,19,20)(H,21,22). The van der Waals surface area contributed by atoms with Crippen LogP contribution in [-0.4, -0.2) is 17.0 Å². The van der Waals surface area contributed by atoms with Crippen molar-refractivity contribution in [3.63, 3.8) is 0 Å². The maximum atomic E-state index is 13.8. The van der Waals surface area contributed by atoms with E-state index in [-0.39, 0.29) is 24.4 Å². The molecule has 1 aliphatic carbocycles. The van der Waals surface area contributed by atoms with Gasteiger partial charge in [0.25, 0.3) is 0 Å². The van der Waals surface area contributed by atoms with E-state index in [4.69, 9.17) is 5.11 Å². The Morgan fingerprint density at radius 1 is 1.23 bits per heavy atom. The molecule has 4 nitrogen and oxygen atoms in total. The number of rotatable bonds is 5. The van der Waals surface area contributed by atoms with Crippen molar-refractivity contribution in [2.24, 2.45) is 5.41 Å². The fourth-order valence-corrected chi connectivity index (χ4v) is 3.30. The van der Waals surface area contributed by atoms with Gasteiger partial charge >= 0.3 is 5.97 Å². The molecule has 0 bridgehead atoms. The maximum absolute atomic E-state index is 13.8. The second kappa shape index (κ2) is 6.90. The number of carbonyl (C=O) groups is 2. The molecule has 1 aromatic rings. The Labute approximate surface area is 129 Å². The van der Waals surface area contributed by atoms with Crippen LogP contribution < -0.4 is 5.32 Å². The molecule has 1 fully saturated rings. The number of amides is 1. The van der Waals surface area contributed by atoms with Gasteiger partial charge in [0.05, 0.1) is 12.1 Å². The van der Waals surface area contributed by atoms with E-state index in [0.29, 0.717) is 0 Å². The molecule has 0 spiro atoms. The summed E-state index contributed by atoms with van der Waals surface area (Å²) in [6, 6.07) is 4.63. The molecule has 2 rings (SSSR count). The number of aliphatic carboxylic acids is 1. The Morgan fingerprint density at radius 2 is 1.91 bits per heavy atom. The lowest BCUT2D eigenvalue weighted by atomic mass is 9.69. The Morgan fingerprint density at radius 3 is 2.50 bits per heavy atom. The van der Waals surface area contributed by atoms with Crippen LogP contribution in [-0.2, 0) is 9.59 Å². The van der Waals surface area contributed by atoms with Gasteiger partial charge in [-0.15, -0.1) is 0 Å². The van der Waals surface area contributed by atoms with Crippen LogP contribution in [0.1, 0.15) is 50.5 Å². The minimum absolute atomic E-state index is 0.00317. The van der Waals surface area contributed by atoms with Crippen LogP contribution in [0.4, 0.5) is 10.1 Å². The van der Waals surface area contributed by atoms with Gasteiger partial charge in [-0.1, -0.05) is 25.3 Å². The second-order valence-corrected chi connectivity index (χ2v) is 6.34. The first-order valence-corrected chi connectivity index (χ1v) is 7.68. The third kappa shape index (κ3) is 4.29. The Kier molecular flexibility index (Phi) is 5.16. The van der Waals surface area contributed by atoms with E-state index < -0.39 is 17.2 Å². The summed E-state index contributed by atoms with van der Waals surface area (Å²) in [6.07, 6.45) is 4.57. The Bertz CT molecular complexity index is 565. The molecule has 0 atom stereocenters. The number of carboxylic acids is 1. The molecular formula is C17H22FNO3. The fraction of sp³-hybridized carbons (Fsp3) is 0.529. The molecule has 0 radical (unpaired) electrons. The highest BCUT2D eigenvalue weighted by Crippen LogP contribution is 2.42. The Balaban J connectivity index is 2.06. The number of carbonyl (C=O) groups excluding carboxylic acids is 1. The number of anilines is 1. The fourth-order valence-electron chi connectivity index (χ4n) is 3.30. The minimum Gasteiger partial charge on any atom is -0.481 e. The first kappa shape index (κ1) is 16.5. The van der Waals surface area contributed by atoms with Crippen LogP contribution in [0.25, 0.3) is 0 Å². The predicted octanol–water partition coefficient (Wildman–Crippen LogP) is 3.89. The summed E-state index contributed by atoms with van der Waals surface area (Å²) in [4.78, 5) is 23.3. The monoisotopic (exact) mass is 307 g/mol. The average molecular weight is 307 g/mol. The van der Waals surface area contributed by atoms with Crippen molar-refractivity contribution in [3.05, 3.63) is 29.6 Å². The largest absolute Gasteiger partial charge is 0.481 e. The highest BCUT2D eigenvalue weighted by molar-refractivity contribution is 5.91. The number of halogens is 1. The van der Waals surface area contributed by atoms with Gasteiger partial charge in [0.2, 0.25) is 5.91 Å². The third-order valence-corrected chi connectivity index (χ3v) is 4.37. The maximum Gasteiger partial charge on any atom is 0.303 e. The molecule has 0 unspecified atom stereocenters. The van der Waals surface area contributed by atoms with E-state index in [0.717, 1.165) is 37.7 Å². The molecular weight excluding hydrogens is 285 g/mol. The minimum atomic E-state index is -0.879. The summed E-state index contributed by atoms with van der Waals surface area (Å²) in [6.45, 7) is 1.78. The van der Waals surface area contributed by atoms with E-state index in [1.807, 2.05) is 0 Å². The highest BCUT2D eigenvalue weighted by atomic mass is 19.1. The number of carboxylic acid groups (broad SMARTS) is 1. The van der Waals surface area contributed by atoms with Gasteiger partial charge in [0, 0.05) is 6.42 Å². The zero-order valence-corrected chi connectivity index (χ0v) is 12.8. The summed E-state index contributed by atoms with van der Waals surface area (Å²) in [5.74, 6) is -1.66.